The largest absolute Gasteiger partial charge is 0.469 e. The van der Waals surface area contributed by atoms with Crippen molar-refractivity contribution in [3.8, 4) is 0 Å². The van der Waals surface area contributed by atoms with E-state index in [2.05, 4.69) is 33.8 Å². The summed E-state index contributed by atoms with van der Waals surface area (Å²) in [5, 5.41) is 0. The van der Waals surface area contributed by atoms with Gasteiger partial charge in [0.2, 0.25) is 0 Å². The van der Waals surface area contributed by atoms with E-state index in [1.54, 1.807) is 0 Å². The van der Waals surface area contributed by atoms with Crippen LogP contribution < -0.4 is 0 Å². The molecule has 0 aliphatic carbocycles. The van der Waals surface area contributed by atoms with Gasteiger partial charge in [0.25, 0.3) is 0 Å². The van der Waals surface area contributed by atoms with Crippen LogP contribution in [0.3, 0.4) is 0 Å². The van der Waals surface area contributed by atoms with Gasteiger partial charge in [0.05, 0.1) is 19.6 Å². The highest BCUT2D eigenvalue weighted by atomic mass is 17.2. The summed E-state index contributed by atoms with van der Waals surface area (Å²) in [4.78, 5) is 23.1. The first kappa shape index (κ1) is 19.4. The number of hydrogen-bond donors (Lipinski definition) is 0. The molecule has 0 aromatic carbocycles. The van der Waals surface area contributed by atoms with E-state index in [0.29, 0.717) is 6.10 Å². The van der Waals surface area contributed by atoms with Crippen molar-refractivity contribution in [1.29, 1.82) is 0 Å². The molecule has 5 atom stereocenters. The van der Waals surface area contributed by atoms with E-state index in [1.807, 2.05) is 0 Å². The van der Waals surface area contributed by atoms with Gasteiger partial charge in [-0.05, 0) is 43.3 Å². The number of esters is 1. The Bertz CT molecular complexity index is 461. The van der Waals surface area contributed by atoms with Crippen LogP contribution in [0.4, 0.5) is 0 Å². The summed E-state index contributed by atoms with van der Waals surface area (Å²) in [6.45, 7) is 8.56. The van der Waals surface area contributed by atoms with Crippen molar-refractivity contribution in [1.82, 2.24) is 0 Å². The fourth-order valence-corrected chi connectivity index (χ4v) is 3.59. The molecule has 2 fully saturated rings. The highest BCUT2D eigenvalue weighted by Crippen LogP contribution is 2.41. The molecule has 2 aliphatic heterocycles. The number of rotatable bonds is 8. The summed E-state index contributed by atoms with van der Waals surface area (Å²) < 4.78 is 10.5. The average molecular weight is 340 g/mol. The standard InChI is InChI=1S/C19H32O5/c1-6-13-11-19(9-4,24-23-16(13)10-17(20)21-5)12-14(7-2)18-15(8-3)22-18/h12-13,15-16,18H,6-11H2,1-5H3/b14-12+/t13-,15+,16-,18+,19+/m0/s1. The number of carbonyl (C=O) groups excluding carboxylic acids is 1. The maximum Gasteiger partial charge on any atom is 0.308 e. The third-order valence-electron chi connectivity index (χ3n) is 5.40. The van der Waals surface area contributed by atoms with Crippen LogP contribution in [0.5, 0.6) is 0 Å². The zero-order valence-electron chi connectivity index (χ0n) is 15.7. The van der Waals surface area contributed by atoms with Crippen LogP contribution in [0.25, 0.3) is 0 Å². The van der Waals surface area contributed by atoms with Crippen LogP contribution in [-0.4, -0.2) is 37.0 Å². The summed E-state index contributed by atoms with van der Waals surface area (Å²) in [5.41, 5.74) is 0.872. The molecule has 2 heterocycles. The van der Waals surface area contributed by atoms with Gasteiger partial charge in [-0.3, -0.25) is 4.79 Å². The zero-order valence-corrected chi connectivity index (χ0v) is 15.7. The molecule has 0 bridgehead atoms. The lowest BCUT2D eigenvalue weighted by Gasteiger charge is -2.41. The zero-order chi connectivity index (χ0) is 17.7. The van der Waals surface area contributed by atoms with Crippen molar-refractivity contribution in [2.24, 2.45) is 5.92 Å². The number of ether oxygens (including phenoxy) is 2. The van der Waals surface area contributed by atoms with Crippen molar-refractivity contribution in [3.05, 3.63) is 11.6 Å². The molecule has 5 heteroatoms. The Morgan fingerprint density at radius 1 is 1.21 bits per heavy atom. The van der Waals surface area contributed by atoms with E-state index < -0.39 is 5.60 Å². The molecule has 2 saturated heterocycles. The lowest BCUT2D eigenvalue weighted by Crippen LogP contribution is -2.44. The molecule has 2 rings (SSSR count). The average Bonchev–Trinajstić information content (AvgIpc) is 3.40. The maximum absolute atomic E-state index is 11.6. The molecule has 0 saturated carbocycles. The van der Waals surface area contributed by atoms with Crippen molar-refractivity contribution in [2.45, 2.75) is 90.1 Å². The van der Waals surface area contributed by atoms with E-state index in [0.717, 1.165) is 32.1 Å². The molecule has 0 spiro atoms. The number of methoxy groups -OCH3 is 1. The number of epoxide rings is 1. The second kappa shape index (κ2) is 8.45. The Balaban J connectivity index is 2.11. The van der Waals surface area contributed by atoms with E-state index in [-0.39, 0.29) is 30.5 Å². The monoisotopic (exact) mass is 340 g/mol. The second-order valence-corrected chi connectivity index (χ2v) is 6.87. The molecular formula is C19H32O5. The Morgan fingerprint density at radius 3 is 2.46 bits per heavy atom. The minimum atomic E-state index is -0.428. The Kier molecular flexibility index (Phi) is 6.84. The van der Waals surface area contributed by atoms with E-state index in [9.17, 15) is 4.79 Å². The first-order valence-electron chi connectivity index (χ1n) is 9.30. The molecule has 5 nitrogen and oxygen atoms in total. The Labute approximate surface area is 145 Å². The van der Waals surface area contributed by atoms with Crippen molar-refractivity contribution in [2.75, 3.05) is 7.11 Å². The van der Waals surface area contributed by atoms with Crippen LogP contribution in [0.1, 0.15) is 66.2 Å². The van der Waals surface area contributed by atoms with Crippen LogP contribution in [-0.2, 0) is 24.0 Å². The molecule has 138 valence electrons. The summed E-state index contributed by atoms with van der Waals surface area (Å²) in [7, 11) is 1.40. The smallest absolute Gasteiger partial charge is 0.308 e. The van der Waals surface area contributed by atoms with Crippen LogP contribution in [0.15, 0.2) is 11.6 Å². The normalized spacial score (nSPS) is 36.5. The highest BCUT2D eigenvalue weighted by Gasteiger charge is 2.45. The molecule has 0 radical (unpaired) electrons. The SMILES string of the molecule is CC/C(=C\[C@@]1(CC)C[C@H](CC)[C@H](CC(=O)OC)OO1)[C@H]1O[C@@H]1CC. The topological polar surface area (TPSA) is 57.3 Å². The van der Waals surface area contributed by atoms with Crippen LogP contribution in [0, 0.1) is 5.92 Å². The molecule has 24 heavy (non-hydrogen) atoms. The van der Waals surface area contributed by atoms with Crippen LogP contribution in [0.2, 0.25) is 0 Å². The van der Waals surface area contributed by atoms with Gasteiger partial charge < -0.3 is 9.47 Å². The Morgan fingerprint density at radius 2 is 1.96 bits per heavy atom. The maximum atomic E-state index is 11.6. The van der Waals surface area contributed by atoms with Gasteiger partial charge in [0, 0.05) is 0 Å². The second-order valence-electron chi connectivity index (χ2n) is 6.87. The quantitative estimate of drug-likeness (QED) is 0.290. The Hall–Kier alpha value is -0.910. The summed E-state index contributed by atoms with van der Waals surface area (Å²) in [5.74, 6) is 0.0160. The molecule has 0 aromatic heterocycles. The number of hydrogen-bond acceptors (Lipinski definition) is 5. The van der Waals surface area contributed by atoms with Crippen molar-refractivity contribution < 1.29 is 24.0 Å². The van der Waals surface area contributed by atoms with Gasteiger partial charge in [-0.15, -0.1) is 0 Å². The van der Waals surface area contributed by atoms with Crippen molar-refractivity contribution in [3.63, 3.8) is 0 Å². The molecule has 0 aromatic rings. The van der Waals surface area contributed by atoms with Crippen molar-refractivity contribution >= 4 is 5.97 Å². The van der Waals surface area contributed by atoms with E-state index in [1.165, 1.54) is 12.7 Å². The van der Waals surface area contributed by atoms with Crippen LogP contribution >= 0.6 is 0 Å². The predicted octanol–water partition coefficient (Wildman–Crippen LogP) is 3.96. The predicted molar refractivity (Wildman–Crippen MR) is 91.3 cm³/mol. The minimum absolute atomic E-state index is 0.235. The van der Waals surface area contributed by atoms with Gasteiger partial charge in [-0.1, -0.05) is 34.1 Å². The third-order valence-corrected chi connectivity index (χ3v) is 5.40. The number of carbonyl (C=O) groups is 1. The fourth-order valence-electron chi connectivity index (χ4n) is 3.59. The van der Waals surface area contributed by atoms with E-state index in [4.69, 9.17) is 19.2 Å². The van der Waals surface area contributed by atoms with Gasteiger partial charge in [0.15, 0.2) is 0 Å². The fraction of sp³-hybridized carbons (Fsp3) is 0.842. The summed E-state index contributed by atoms with van der Waals surface area (Å²) in [6.07, 6.45) is 7.44. The van der Waals surface area contributed by atoms with Gasteiger partial charge in [-0.2, -0.15) is 0 Å². The molecule has 0 N–H and O–H groups in total. The summed E-state index contributed by atoms with van der Waals surface area (Å²) >= 11 is 0. The highest BCUT2D eigenvalue weighted by molar-refractivity contribution is 5.69. The molecule has 0 amide bonds. The lowest BCUT2D eigenvalue weighted by atomic mass is 9.80. The third kappa shape index (κ3) is 4.38. The van der Waals surface area contributed by atoms with Gasteiger partial charge in [0.1, 0.15) is 17.8 Å². The minimum Gasteiger partial charge on any atom is -0.469 e. The lowest BCUT2D eigenvalue weighted by molar-refractivity contribution is -0.409. The van der Waals surface area contributed by atoms with E-state index >= 15 is 0 Å². The first-order valence-corrected chi connectivity index (χ1v) is 9.30. The first-order chi connectivity index (χ1) is 11.5. The molecular weight excluding hydrogens is 308 g/mol. The molecule has 0 unspecified atom stereocenters. The molecule has 2 aliphatic rings. The summed E-state index contributed by atoms with van der Waals surface area (Å²) in [6, 6.07) is 0. The van der Waals surface area contributed by atoms with Gasteiger partial charge in [-0.25, -0.2) is 9.78 Å². The van der Waals surface area contributed by atoms with Gasteiger partial charge >= 0.3 is 5.97 Å².